The lowest BCUT2D eigenvalue weighted by atomic mass is 10.1. The maximum absolute atomic E-state index is 12.8. The molecule has 0 atom stereocenters. The monoisotopic (exact) mass is 275 g/mol. The molecule has 1 heterocycles. The molecule has 0 fully saturated rings. The van der Waals surface area contributed by atoms with E-state index in [9.17, 15) is 4.39 Å². The zero-order chi connectivity index (χ0) is 11.7. The number of hydrogen-bond donors (Lipinski definition) is 0. The molecule has 1 nitrogen and oxygen atoms in total. The van der Waals surface area contributed by atoms with E-state index in [0.29, 0.717) is 21.3 Å². The van der Waals surface area contributed by atoms with Crippen LogP contribution in [0.1, 0.15) is 0 Å². The summed E-state index contributed by atoms with van der Waals surface area (Å²) in [7, 11) is 0. The van der Waals surface area contributed by atoms with Gasteiger partial charge in [0.05, 0.1) is 27.0 Å². The lowest BCUT2D eigenvalue weighted by molar-refractivity contribution is 0.622. The van der Waals surface area contributed by atoms with Gasteiger partial charge in [0.15, 0.2) is 0 Å². The number of benzene rings is 1. The van der Waals surface area contributed by atoms with Crippen LogP contribution in [0.4, 0.5) is 4.39 Å². The first-order chi connectivity index (χ1) is 7.58. The van der Waals surface area contributed by atoms with Gasteiger partial charge in [0.25, 0.3) is 0 Å². The number of pyridine rings is 1. The summed E-state index contributed by atoms with van der Waals surface area (Å²) < 4.78 is 12.8. The molecule has 0 amide bonds. The van der Waals surface area contributed by atoms with Gasteiger partial charge in [-0.2, -0.15) is 0 Å². The molecule has 0 unspecified atom stereocenters. The summed E-state index contributed by atoms with van der Waals surface area (Å²) >= 11 is 17.5. The fraction of sp³-hybridized carbons (Fsp3) is 0. The summed E-state index contributed by atoms with van der Waals surface area (Å²) in [4.78, 5) is 3.91. The number of hydrogen-bond acceptors (Lipinski definition) is 1. The third kappa shape index (κ3) is 2.29. The second kappa shape index (κ2) is 4.58. The van der Waals surface area contributed by atoms with Crippen molar-refractivity contribution in [2.45, 2.75) is 0 Å². The predicted molar refractivity (Wildman–Crippen MR) is 64.7 cm³/mol. The molecule has 0 saturated heterocycles. The predicted octanol–water partition coefficient (Wildman–Crippen LogP) is 4.85. The largest absolute Gasteiger partial charge is 0.252 e. The van der Waals surface area contributed by atoms with Crippen molar-refractivity contribution in [1.29, 1.82) is 0 Å². The van der Waals surface area contributed by atoms with Gasteiger partial charge in [-0.3, -0.25) is 4.98 Å². The first-order valence-corrected chi connectivity index (χ1v) is 5.48. The van der Waals surface area contributed by atoms with E-state index in [1.165, 1.54) is 6.07 Å². The minimum absolute atomic E-state index is 0.235. The molecule has 0 radical (unpaired) electrons. The maximum atomic E-state index is 12.8. The first-order valence-electron chi connectivity index (χ1n) is 4.34. The van der Waals surface area contributed by atoms with Crippen molar-refractivity contribution in [3.05, 3.63) is 51.3 Å². The molecular formula is C11H5Cl3FN. The third-order valence-corrected chi connectivity index (χ3v) is 3.03. The van der Waals surface area contributed by atoms with E-state index in [1.807, 2.05) is 0 Å². The smallest absolute Gasteiger partial charge is 0.143 e. The number of aromatic nitrogens is 1. The third-order valence-electron chi connectivity index (χ3n) is 2.00. The molecule has 0 bridgehead atoms. The van der Waals surface area contributed by atoms with Crippen molar-refractivity contribution in [3.63, 3.8) is 0 Å². The van der Waals surface area contributed by atoms with E-state index in [2.05, 4.69) is 4.98 Å². The van der Waals surface area contributed by atoms with Gasteiger partial charge in [0, 0.05) is 5.56 Å². The van der Waals surface area contributed by atoms with Crippen LogP contribution in [0.25, 0.3) is 11.3 Å². The highest BCUT2D eigenvalue weighted by atomic mass is 35.5. The van der Waals surface area contributed by atoms with E-state index in [-0.39, 0.29) is 5.02 Å². The summed E-state index contributed by atoms with van der Waals surface area (Å²) in [5.41, 5.74) is 1.17. The maximum Gasteiger partial charge on any atom is 0.143 e. The van der Waals surface area contributed by atoms with Crippen molar-refractivity contribution < 1.29 is 4.39 Å². The van der Waals surface area contributed by atoms with Crippen LogP contribution >= 0.6 is 34.8 Å². The Morgan fingerprint density at radius 3 is 2.31 bits per heavy atom. The zero-order valence-corrected chi connectivity index (χ0v) is 10.1. The highest BCUT2D eigenvalue weighted by Crippen LogP contribution is 2.31. The fourth-order valence-electron chi connectivity index (χ4n) is 1.27. The van der Waals surface area contributed by atoms with Gasteiger partial charge >= 0.3 is 0 Å². The van der Waals surface area contributed by atoms with E-state index < -0.39 is 5.82 Å². The molecule has 82 valence electrons. The number of rotatable bonds is 1. The van der Waals surface area contributed by atoms with Crippen molar-refractivity contribution in [2.75, 3.05) is 0 Å². The molecule has 0 aliphatic carbocycles. The van der Waals surface area contributed by atoms with Gasteiger partial charge in [0.1, 0.15) is 5.82 Å². The van der Waals surface area contributed by atoms with Crippen LogP contribution in [0, 0.1) is 5.82 Å². The lowest BCUT2D eigenvalue weighted by Crippen LogP contribution is -1.87. The molecule has 0 spiro atoms. The molecule has 1 aromatic carbocycles. The normalized spacial score (nSPS) is 10.5. The topological polar surface area (TPSA) is 12.9 Å². The molecular weight excluding hydrogens is 271 g/mol. The highest BCUT2D eigenvalue weighted by Gasteiger charge is 2.08. The molecule has 0 aliphatic heterocycles. The summed E-state index contributed by atoms with van der Waals surface area (Å²) in [5, 5.41) is 1.09. The molecule has 2 rings (SSSR count). The molecule has 0 aliphatic rings. The van der Waals surface area contributed by atoms with Crippen LogP contribution < -0.4 is 0 Å². The molecule has 2 aromatic rings. The van der Waals surface area contributed by atoms with Crippen LogP contribution in [-0.2, 0) is 0 Å². The van der Waals surface area contributed by atoms with E-state index >= 15 is 0 Å². The Labute approximate surface area is 107 Å². The molecule has 16 heavy (non-hydrogen) atoms. The van der Waals surface area contributed by atoms with Crippen LogP contribution in [0.2, 0.25) is 15.1 Å². The second-order valence-corrected chi connectivity index (χ2v) is 4.33. The molecule has 0 saturated carbocycles. The minimum Gasteiger partial charge on any atom is -0.252 e. The second-order valence-electron chi connectivity index (χ2n) is 3.11. The Morgan fingerprint density at radius 2 is 1.69 bits per heavy atom. The van der Waals surface area contributed by atoms with E-state index in [4.69, 9.17) is 34.8 Å². The van der Waals surface area contributed by atoms with Crippen LogP contribution in [0.3, 0.4) is 0 Å². The number of nitrogens with zero attached hydrogens (tertiary/aromatic N) is 1. The number of halogens is 4. The van der Waals surface area contributed by atoms with Gasteiger partial charge in [0.2, 0.25) is 0 Å². The Bertz CT molecular complexity index is 543. The summed E-state index contributed by atoms with van der Waals surface area (Å²) in [5.74, 6) is -0.478. The van der Waals surface area contributed by atoms with Crippen molar-refractivity contribution >= 4 is 34.8 Å². The Hall–Kier alpha value is -0.830. The first kappa shape index (κ1) is 11.6. The van der Waals surface area contributed by atoms with Crippen LogP contribution in [0.5, 0.6) is 0 Å². The SMILES string of the molecule is Fc1cnc(-c2ccc(Cl)c(Cl)c2)c(Cl)c1. The average molecular weight is 277 g/mol. The van der Waals surface area contributed by atoms with Gasteiger partial charge < -0.3 is 0 Å². The van der Waals surface area contributed by atoms with Gasteiger partial charge in [-0.15, -0.1) is 0 Å². The zero-order valence-electron chi connectivity index (χ0n) is 7.85. The van der Waals surface area contributed by atoms with Gasteiger partial charge in [-0.25, -0.2) is 4.39 Å². The van der Waals surface area contributed by atoms with E-state index in [1.54, 1.807) is 18.2 Å². The van der Waals surface area contributed by atoms with Crippen molar-refractivity contribution in [1.82, 2.24) is 4.98 Å². The van der Waals surface area contributed by atoms with Crippen LogP contribution in [0.15, 0.2) is 30.5 Å². The van der Waals surface area contributed by atoms with Crippen LogP contribution in [-0.4, -0.2) is 4.98 Å². The molecule has 5 heteroatoms. The van der Waals surface area contributed by atoms with Crippen molar-refractivity contribution in [2.24, 2.45) is 0 Å². The van der Waals surface area contributed by atoms with Gasteiger partial charge in [-0.1, -0.05) is 40.9 Å². The molecule has 0 N–H and O–H groups in total. The fourth-order valence-corrected chi connectivity index (χ4v) is 1.83. The Balaban J connectivity index is 2.54. The average Bonchev–Trinajstić information content (AvgIpc) is 2.22. The van der Waals surface area contributed by atoms with Gasteiger partial charge in [-0.05, 0) is 18.2 Å². The Morgan fingerprint density at radius 1 is 0.938 bits per heavy atom. The minimum atomic E-state index is -0.478. The quantitative estimate of drug-likeness (QED) is 0.725. The van der Waals surface area contributed by atoms with E-state index in [0.717, 1.165) is 6.20 Å². The standard InChI is InChI=1S/C11H5Cl3FN/c12-8-2-1-6(3-9(8)13)11-10(14)4-7(15)5-16-11/h1-5H. The summed E-state index contributed by atoms with van der Waals surface area (Å²) in [6, 6.07) is 6.20. The lowest BCUT2D eigenvalue weighted by Gasteiger charge is -2.04. The summed E-state index contributed by atoms with van der Waals surface area (Å²) in [6.07, 6.45) is 1.10. The van der Waals surface area contributed by atoms with Crippen molar-refractivity contribution in [3.8, 4) is 11.3 Å². The highest BCUT2D eigenvalue weighted by molar-refractivity contribution is 6.42. The molecule has 1 aromatic heterocycles. The summed E-state index contributed by atoms with van der Waals surface area (Å²) in [6.45, 7) is 0. The Kier molecular flexibility index (Phi) is 3.33.